The minimum Gasteiger partial charge on any atom is -0.300 e. The second-order valence-electron chi connectivity index (χ2n) is 6.34. The Morgan fingerprint density at radius 1 is 0.895 bits per heavy atom. The molecule has 3 aliphatic carbocycles. The molecule has 1 aromatic rings. The van der Waals surface area contributed by atoms with Crippen molar-refractivity contribution in [3.05, 3.63) is 34.4 Å². The SMILES string of the molecule is O=C1CCc2c(ccc3c2CC[C@@H]2CC(=O)C[C@H]32)C1. The highest BCUT2D eigenvalue weighted by Gasteiger charge is 2.38. The van der Waals surface area contributed by atoms with Crippen molar-refractivity contribution >= 4 is 11.6 Å². The molecule has 0 heterocycles. The Balaban J connectivity index is 1.81. The number of hydrogen-bond donors (Lipinski definition) is 0. The Hall–Kier alpha value is -1.44. The van der Waals surface area contributed by atoms with Gasteiger partial charge in [-0.2, -0.15) is 0 Å². The van der Waals surface area contributed by atoms with E-state index in [4.69, 9.17) is 0 Å². The summed E-state index contributed by atoms with van der Waals surface area (Å²) < 4.78 is 0. The van der Waals surface area contributed by atoms with Crippen LogP contribution in [0.15, 0.2) is 12.1 Å². The van der Waals surface area contributed by atoms with Crippen LogP contribution in [-0.2, 0) is 28.9 Å². The maximum absolute atomic E-state index is 11.7. The maximum atomic E-state index is 11.7. The minimum atomic E-state index is 0.372. The van der Waals surface area contributed by atoms with Crippen LogP contribution in [0.2, 0.25) is 0 Å². The Bertz CT molecular complexity index is 585. The molecule has 4 rings (SSSR count). The van der Waals surface area contributed by atoms with Gasteiger partial charge in [0.05, 0.1) is 0 Å². The molecule has 2 nitrogen and oxygen atoms in total. The molecule has 98 valence electrons. The van der Waals surface area contributed by atoms with Crippen LogP contribution < -0.4 is 0 Å². The second-order valence-corrected chi connectivity index (χ2v) is 6.34. The standard InChI is InChI=1S/C17H18O2/c18-12-3-6-14-10(7-12)1-5-16-15(14)4-2-11-8-13(19)9-17(11)16/h1,5,11,17H,2-4,6-9H2/t11-,17+/m1/s1. The topological polar surface area (TPSA) is 34.1 Å². The van der Waals surface area contributed by atoms with Gasteiger partial charge >= 0.3 is 0 Å². The summed E-state index contributed by atoms with van der Waals surface area (Å²) in [6.45, 7) is 0. The van der Waals surface area contributed by atoms with E-state index in [1.807, 2.05) is 0 Å². The molecule has 0 aliphatic heterocycles. The summed E-state index contributed by atoms with van der Waals surface area (Å²) >= 11 is 0. The Morgan fingerprint density at radius 3 is 2.68 bits per heavy atom. The lowest BCUT2D eigenvalue weighted by Crippen LogP contribution is -2.22. The smallest absolute Gasteiger partial charge is 0.137 e. The van der Waals surface area contributed by atoms with Gasteiger partial charge in [0.15, 0.2) is 0 Å². The fraction of sp³-hybridized carbons (Fsp3) is 0.529. The monoisotopic (exact) mass is 254 g/mol. The zero-order chi connectivity index (χ0) is 13.0. The lowest BCUT2D eigenvalue weighted by Gasteiger charge is -2.31. The molecule has 1 saturated carbocycles. The highest BCUT2D eigenvalue weighted by atomic mass is 16.1. The van der Waals surface area contributed by atoms with Crippen LogP contribution in [-0.4, -0.2) is 11.6 Å². The van der Waals surface area contributed by atoms with Crippen LogP contribution in [0.25, 0.3) is 0 Å². The fourth-order valence-corrected chi connectivity index (χ4v) is 4.37. The third-order valence-corrected chi connectivity index (χ3v) is 5.28. The molecule has 0 radical (unpaired) electrons. The third-order valence-electron chi connectivity index (χ3n) is 5.28. The van der Waals surface area contributed by atoms with Gasteiger partial charge in [0.2, 0.25) is 0 Å². The lowest BCUT2D eigenvalue weighted by molar-refractivity contribution is -0.119. The highest BCUT2D eigenvalue weighted by Crippen LogP contribution is 2.47. The van der Waals surface area contributed by atoms with Crippen molar-refractivity contribution in [3.63, 3.8) is 0 Å². The van der Waals surface area contributed by atoms with E-state index in [9.17, 15) is 9.59 Å². The van der Waals surface area contributed by atoms with Crippen molar-refractivity contribution in [1.82, 2.24) is 0 Å². The number of carbonyl (C=O) groups excluding carboxylic acids is 2. The summed E-state index contributed by atoms with van der Waals surface area (Å²) in [7, 11) is 0. The van der Waals surface area contributed by atoms with Crippen LogP contribution in [0.4, 0.5) is 0 Å². The molecule has 0 amide bonds. The number of hydrogen-bond acceptors (Lipinski definition) is 2. The second kappa shape index (κ2) is 4.03. The Kier molecular flexibility index (Phi) is 2.41. The predicted octanol–water partition coefficient (Wildman–Crippen LogP) is 2.75. The van der Waals surface area contributed by atoms with Crippen LogP contribution in [0.5, 0.6) is 0 Å². The minimum absolute atomic E-state index is 0.372. The molecule has 2 heteroatoms. The van der Waals surface area contributed by atoms with E-state index in [1.165, 1.54) is 22.3 Å². The lowest BCUT2D eigenvalue weighted by atomic mass is 9.73. The first-order valence-corrected chi connectivity index (χ1v) is 7.39. The molecule has 0 bridgehead atoms. The van der Waals surface area contributed by atoms with Gasteiger partial charge in [-0.1, -0.05) is 12.1 Å². The van der Waals surface area contributed by atoms with Crippen molar-refractivity contribution in [3.8, 4) is 0 Å². The molecule has 1 aromatic carbocycles. The van der Waals surface area contributed by atoms with Crippen LogP contribution in [0.1, 0.15) is 53.9 Å². The zero-order valence-electron chi connectivity index (χ0n) is 11.1. The predicted molar refractivity (Wildman–Crippen MR) is 72.3 cm³/mol. The van der Waals surface area contributed by atoms with Gasteiger partial charge < -0.3 is 0 Å². The Labute approximate surface area is 113 Å². The first kappa shape index (κ1) is 11.4. The van der Waals surface area contributed by atoms with Gasteiger partial charge in [-0.05, 0) is 53.4 Å². The van der Waals surface area contributed by atoms with Crippen molar-refractivity contribution in [2.24, 2.45) is 5.92 Å². The molecule has 0 aromatic heterocycles. The molecule has 0 unspecified atom stereocenters. The number of fused-ring (bicyclic) bond motifs is 5. The summed E-state index contributed by atoms with van der Waals surface area (Å²) in [5, 5.41) is 0. The van der Waals surface area contributed by atoms with E-state index >= 15 is 0 Å². The highest BCUT2D eigenvalue weighted by molar-refractivity contribution is 5.84. The summed E-state index contributed by atoms with van der Waals surface area (Å²) in [6.07, 6.45) is 6.05. The van der Waals surface area contributed by atoms with Crippen molar-refractivity contribution in [2.75, 3.05) is 0 Å². The van der Waals surface area contributed by atoms with E-state index in [0.717, 1.165) is 32.1 Å². The van der Waals surface area contributed by atoms with Gasteiger partial charge in [0.1, 0.15) is 11.6 Å². The molecule has 2 atom stereocenters. The summed E-state index contributed by atoms with van der Waals surface area (Å²) in [4.78, 5) is 23.3. The van der Waals surface area contributed by atoms with Crippen molar-refractivity contribution in [2.45, 2.75) is 50.9 Å². The summed E-state index contributed by atoms with van der Waals surface area (Å²) in [5.41, 5.74) is 5.60. The first-order valence-electron chi connectivity index (χ1n) is 7.39. The van der Waals surface area contributed by atoms with Crippen molar-refractivity contribution < 1.29 is 9.59 Å². The molecule has 0 spiro atoms. The number of carbonyl (C=O) groups is 2. The van der Waals surface area contributed by atoms with E-state index < -0.39 is 0 Å². The number of Topliss-reactive ketones (excluding diaryl/α,β-unsaturated/α-hetero) is 2. The first-order chi connectivity index (χ1) is 9.22. The van der Waals surface area contributed by atoms with Gasteiger partial charge in [-0.25, -0.2) is 0 Å². The zero-order valence-corrected chi connectivity index (χ0v) is 11.1. The normalized spacial score (nSPS) is 28.8. The van der Waals surface area contributed by atoms with Gasteiger partial charge in [0, 0.05) is 25.7 Å². The van der Waals surface area contributed by atoms with Gasteiger partial charge in [0.25, 0.3) is 0 Å². The fourth-order valence-electron chi connectivity index (χ4n) is 4.37. The molecule has 0 N–H and O–H groups in total. The summed E-state index contributed by atoms with van der Waals surface area (Å²) in [5.74, 6) is 1.87. The molecular weight excluding hydrogens is 236 g/mol. The molecule has 0 saturated heterocycles. The van der Waals surface area contributed by atoms with Gasteiger partial charge in [-0.15, -0.1) is 0 Å². The van der Waals surface area contributed by atoms with Crippen LogP contribution in [0, 0.1) is 5.92 Å². The van der Waals surface area contributed by atoms with E-state index in [-0.39, 0.29) is 0 Å². The Morgan fingerprint density at radius 2 is 1.79 bits per heavy atom. The van der Waals surface area contributed by atoms with Gasteiger partial charge in [-0.3, -0.25) is 9.59 Å². The molecular formula is C17H18O2. The van der Waals surface area contributed by atoms with E-state index in [0.29, 0.717) is 36.2 Å². The molecule has 3 aliphatic rings. The van der Waals surface area contributed by atoms with E-state index in [1.54, 1.807) is 0 Å². The van der Waals surface area contributed by atoms with Crippen molar-refractivity contribution in [1.29, 1.82) is 0 Å². The maximum Gasteiger partial charge on any atom is 0.137 e. The summed E-state index contributed by atoms with van der Waals surface area (Å²) in [6, 6.07) is 4.36. The third kappa shape index (κ3) is 1.69. The number of benzene rings is 1. The van der Waals surface area contributed by atoms with Crippen LogP contribution >= 0.6 is 0 Å². The molecule has 19 heavy (non-hydrogen) atoms. The number of ketones is 2. The van der Waals surface area contributed by atoms with Crippen LogP contribution in [0.3, 0.4) is 0 Å². The molecule has 1 fully saturated rings. The average molecular weight is 254 g/mol. The quantitative estimate of drug-likeness (QED) is 0.713. The average Bonchev–Trinajstić information content (AvgIpc) is 2.78. The van der Waals surface area contributed by atoms with E-state index in [2.05, 4.69) is 12.1 Å². The largest absolute Gasteiger partial charge is 0.300 e. The number of rotatable bonds is 0.